The van der Waals surface area contributed by atoms with Gasteiger partial charge in [0.25, 0.3) is 10.0 Å². The lowest BCUT2D eigenvalue weighted by Crippen LogP contribution is -2.18. The van der Waals surface area contributed by atoms with Crippen LogP contribution >= 0.6 is 0 Å². The van der Waals surface area contributed by atoms with Gasteiger partial charge >= 0.3 is 0 Å². The molecule has 0 aliphatic carbocycles. The summed E-state index contributed by atoms with van der Waals surface area (Å²) in [5, 5.41) is 0. The van der Waals surface area contributed by atoms with E-state index in [0.717, 1.165) is 24.8 Å². The predicted molar refractivity (Wildman–Crippen MR) is 89.8 cm³/mol. The van der Waals surface area contributed by atoms with Crippen LogP contribution in [0.15, 0.2) is 47.4 Å². The Labute approximate surface area is 136 Å². The highest BCUT2D eigenvalue weighted by molar-refractivity contribution is 7.92. The summed E-state index contributed by atoms with van der Waals surface area (Å²) in [5.74, 6) is -0.448. The van der Waals surface area contributed by atoms with E-state index in [9.17, 15) is 12.8 Å². The molecular formula is C17H19FN2O2S. The lowest BCUT2D eigenvalue weighted by Gasteiger charge is -2.18. The Hall–Kier alpha value is -2.08. The number of rotatable bonds is 4. The fourth-order valence-electron chi connectivity index (χ4n) is 2.84. The van der Waals surface area contributed by atoms with Gasteiger partial charge in [0.05, 0.1) is 4.90 Å². The minimum atomic E-state index is -3.72. The summed E-state index contributed by atoms with van der Waals surface area (Å²) in [4.78, 5) is 2.37. The molecule has 122 valence electrons. The summed E-state index contributed by atoms with van der Waals surface area (Å²) in [7, 11) is -3.72. The van der Waals surface area contributed by atoms with Crippen LogP contribution in [0.2, 0.25) is 0 Å². The monoisotopic (exact) mass is 334 g/mol. The summed E-state index contributed by atoms with van der Waals surface area (Å²) >= 11 is 0. The molecule has 23 heavy (non-hydrogen) atoms. The standard InChI is InChI=1S/C17H19FN2O2S/c1-13-12-14(18)4-9-17(13)23(21,22)19-15-5-7-16(8-6-15)20-10-2-3-11-20/h4-9,12,19H,2-3,10-11H2,1H3. The Morgan fingerprint density at radius 3 is 2.30 bits per heavy atom. The number of nitrogens with zero attached hydrogens (tertiary/aromatic N) is 1. The number of aryl methyl sites for hydroxylation is 1. The first-order valence-electron chi connectivity index (χ1n) is 7.60. The first-order valence-corrected chi connectivity index (χ1v) is 9.08. The highest BCUT2D eigenvalue weighted by Gasteiger charge is 2.18. The van der Waals surface area contributed by atoms with Crippen molar-refractivity contribution < 1.29 is 12.8 Å². The zero-order valence-corrected chi connectivity index (χ0v) is 13.7. The van der Waals surface area contributed by atoms with Crippen LogP contribution in [0.3, 0.4) is 0 Å². The minimum Gasteiger partial charge on any atom is -0.372 e. The Morgan fingerprint density at radius 2 is 1.70 bits per heavy atom. The zero-order chi connectivity index (χ0) is 16.4. The Kier molecular flexibility index (Phi) is 4.26. The summed E-state index contributed by atoms with van der Waals surface area (Å²) in [6, 6.07) is 11.0. The molecule has 6 heteroatoms. The van der Waals surface area contributed by atoms with Gasteiger partial charge in [0.2, 0.25) is 0 Å². The molecule has 2 aromatic rings. The second-order valence-electron chi connectivity index (χ2n) is 5.76. The molecule has 4 nitrogen and oxygen atoms in total. The van der Waals surface area contributed by atoms with E-state index >= 15 is 0 Å². The van der Waals surface area contributed by atoms with Gasteiger partial charge in [-0.3, -0.25) is 4.72 Å². The molecular weight excluding hydrogens is 315 g/mol. The van der Waals surface area contributed by atoms with Gasteiger partial charge in [-0.2, -0.15) is 0 Å². The normalized spacial score (nSPS) is 15.0. The number of anilines is 2. The van der Waals surface area contributed by atoms with E-state index in [1.807, 2.05) is 12.1 Å². The van der Waals surface area contributed by atoms with Gasteiger partial charge in [0.1, 0.15) is 5.82 Å². The maximum absolute atomic E-state index is 13.1. The van der Waals surface area contributed by atoms with Gasteiger partial charge < -0.3 is 4.90 Å². The fourth-order valence-corrected chi connectivity index (χ4v) is 4.13. The lowest BCUT2D eigenvalue weighted by atomic mass is 10.2. The summed E-state index contributed by atoms with van der Waals surface area (Å²) in [5.41, 5.74) is 1.98. The van der Waals surface area contributed by atoms with Crippen LogP contribution in [0.25, 0.3) is 0 Å². The number of sulfonamides is 1. The first-order chi connectivity index (χ1) is 11.0. The molecule has 1 fully saturated rings. The SMILES string of the molecule is Cc1cc(F)ccc1S(=O)(=O)Nc1ccc(N2CCCC2)cc1. The number of hydrogen-bond donors (Lipinski definition) is 1. The van der Waals surface area contributed by atoms with Gasteiger partial charge in [0.15, 0.2) is 0 Å². The molecule has 2 aromatic carbocycles. The summed E-state index contributed by atoms with van der Waals surface area (Å²) in [6.07, 6.45) is 2.39. The van der Waals surface area contributed by atoms with Gasteiger partial charge in [-0.15, -0.1) is 0 Å². The molecule has 0 unspecified atom stereocenters. The number of benzene rings is 2. The molecule has 0 saturated carbocycles. The van der Waals surface area contributed by atoms with Crippen molar-refractivity contribution in [3.63, 3.8) is 0 Å². The van der Waals surface area contributed by atoms with Crippen molar-refractivity contribution in [2.24, 2.45) is 0 Å². The van der Waals surface area contributed by atoms with E-state index in [4.69, 9.17) is 0 Å². The maximum Gasteiger partial charge on any atom is 0.262 e. The lowest BCUT2D eigenvalue weighted by molar-refractivity contribution is 0.598. The molecule has 0 amide bonds. The second-order valence-corrected chi connectivity index (χ2v) is 7.41. The van der Waals surface area contributed by atoms with Crippen LogP contribution in [-0.4, -0.2) is 21.5 Å². The van der Waals surface area contributed by atoms with Crippen LogP contribution in [-0.2, 0) is 10.0 Å². The zero-order valence-electron chi connectivity index (χ0n) is 12.9. The largest absolute Gasteiger partial charge is 0.372 e. The van der Waals surface area contributed by atoms with Gasteiger partial charge in [0, 0.05) is 24.5 Å². The Balaban J connectivity index is 1.80. The molecule has 1 saturated heterocycles. The molecule has 0 aromatic heterocycles. The molecule has 0 bridgehead atoms. The van der Waals surface area contributed by atoms with Crippen molar-refractivity contribution in [1.29, 1.82) is 0 Å². The molecule has 1 N–H and O–H groups in total. The molecule has 3 rings (SSSR count). The van der Waals surface area contributed by atoms with E-state index < -0.39 is 15.8 Å². The average Bonchev–Trinajstić information content (AvgIpc) is 3.01. The second kappa shape index (κ2) is 6.20. The van der Waals surface area contributed by atoms with Crippen molar-refractivity contribution >= 4 is 21.4 Å². The highest BCUT2D eigenvalue weighted by atomic mass is 32.2. The van der Waals surface area contributed by atoms with Crippen molar-refractivity contribution in [2.75, 3.05) is 22.7 Å². The van der Waals surface area contributed by atoms with Crippen LogP contribution in [0.1, 0.15) is 18.4 Å². The van der Waals surface area contributed by atoms with Crippen molar-refractivity contribution in [2.45, 2.75) is 24.7 Å². The molecule has 1 heterocycles. The smallest absolute Gasteiger partial charge is 0.262 e. The summed E-state index contributed by atoms with van der Waals surface area (Å²) < 4.78 is 40.5. The number of halogens is 1. The molecule has 0 spiro atoms. The van der Waals surface area contributed by atoms with Gasteiger partial charge in [-0.25, -0.2) is 12.8 Å². The Morgan fingerprint density at radius 1 is 1.04 bits per heavy atom. The minimum absolute atomic E-state index is 0.0857. The van der Waals surface area contributed by atoms with E-state index in [-0.39, 0.29) is 4.90 Å². The van der Waals surface area contributed by atoms with Crippen molar-refractivity contribution in [3.05, 3.63) is 53.8 Å². The fraction of sp³-hybridized carbons (Fsp3) is 0.294. The van der Waals surface area contributed by atoms with E-state index in [2.05, 4.69) is 9.62 Å². The quantitative estimate of drug-likeness (QED) is 0.930. The van der Waals surface area contributed by atoms with Gasteiger partial charge in [-0.05, 0) is 67.8 Å². The third-order valence-corrected chi connectivity index (χ3v) is 5.56. The van der Waals surface area contributed by atoms with E-state index in [1.165, 1.54) is 25.0 Å². The highest BCUT2D eigenvalue weighted by Crippen LogP contribution is 2.24. The molecule has 1 aliphatic heterocycles. The third-order valence-electron chi connectivity index (χ3n) is 4.02. The van der Waals surface area contributed by atoms with Gasteiger partial charge in [-0.1, -0.05) is 0 Å². The molecule has 0 atom stereocenters. The number of hydrogen-bond acceptors (Lipinski definition) is 3. The maximum atomic E-state index is 13.1. The first kappa shape index (κ1) is 15.8. The molecule has 1 aliphatic rings. The predicted octanol–water partition coefficient (Wildman–Crippen LogP) is 3.54. The van der Waals surface area contributed by atoms with Crippen LogP contribution in [0.5, 0.6) is 0 Å². The van der Waals surface area contributed by atoms with Crippen LogP contribution < -0.4 is 9.62 Å². The third kappa shape index (κ3) is 3.47. The van der Waals surface area contributed by atoms with Crippen LogP contribution in [0.4, 0.5) is 15.8 Å². The summed E-state index contributed by atoms with van der Waals surface area (Å²) in [6.45, 7) is 3.66. The Bertz CT molecular complexity index is 798. The van der Waals surface area contributed by atoms with Crippen molar-refractivity contribution in [3.8, 4) is 0 Å². The van der Waals surface area contributed by atoms with Crippen LogP contribution in [0, 0.1) is 12.7 Å². The molecule has 0 radical (unpaired) electrons. The topological polar surface area (TPSA) is 49.4 Å². The van der Waals surface area contributed by atoms with E-state index in [1.54, 1.807) is 19.1 Å². The van der Waals surface area contributed by atoms with E-state index in [0.29, 0.717) is 11.3 Å². The van der Waals surface area contributed by atoms with Crippen molar-refractivity contribution in [1.82, 2.24) is 0 Å². The number of nitrogens with one attached hydrogen (secondary N) is 1. The average molecular weight is 334 g/mol.